The van der Waals surface area contributed by atoms with Crippen LogP contribution >= 0.6 is 38.9 Å². The van der Waals surface area contributed by atoms with Crippen molar-refractivity contribution in [1.82, 2.24) is 9.97 Å². The first-order chi connectivity index (χ1) is 8.65. The van der Waals surface area contributed by atoms with E-state index in [0.29, 0.717) is 0 Å². The van der Waals surface area contributed by atoms with E-state index in [1.54, 1.807) is 11.3 Å². The molecule has 2 aromatic heterocycles. The number of fused-ring (bicyclic) bond motifs is 1. The van der Waals surface area contributed by atoms with Gasteiger partial charge in [-0.05, 0) is 29.1 Å². The number of hydrogen-bond donors (Lipinski definition) is 2. The quantitative estimate of drug-likeness (QED) is 0.679. The molecule has 0 fully saturated rings. The molecule has 2 N–H and O–H groups in total. The number of nitrogens with one attached hydrogen (secondary N) is 2. The van der Waals surface area contributed by atoms with Gasteiger partial charge in [0, 0.05) is 9.35 Å². The lowest BCUT2D eigenvalue weighted by atomic mass is 10.1. The fourth-order valence-electron chi connectivity index (χ4n) is 1.86. The van der Waals surface area contributed by atoms with Gasteiger partial charge >= 0.3 is 5.69 Å². The molecule has 2 heterocycles. The van der Waals surface area contributed by atoms with E-state index in [1.807, 2.05) is 29.6 Å². The molecule has 0 aliphatic rings. The van der Waals surface area contributed by atoms with Gasteiger partial charge in [-0.1, -0.05) is 22.0 Å². The molecule has 18 heavy (non-hydrogen) atoms. The van der Waals surface area contributed by atoms with Crippen LogP contribution in [0.5, 0.6) is 0 Å². The molecular weight excluding hydrogens is 336 g/mol. The average Bonchev–Trinajstić information content (AvgIpc) is 2.94. The molecule has 0 aliphatic carbocycles. The first-order valence-electron chi connectivity index (χ1n) is 5.24. The van der Waals surface area contributed by atoms with E-state index in [2.05, 4.69) is 25.9 Å². The smallest absolute Gasteiger partial charge is 0.306 e. The highest BCUT2D eigenvalue weighted by Crippen LogP contribution is 2.37. The molecule has 3 rings (SSSR count). The molecule has 92 valence electrons. The number of imidazole rings is 1. The molecule has 0 aliphatic heterocycles. The van der Waals surface area contributed by atoms with Crippen molar-refractivity contribution < 1.29 is 0 Å². The zero-order chi connectivity index (χ0) is 12.7. The van der Waals surface area contributed by atoms with Crippen molar-refractivity contribution in [1.29, 1.82) is 0 Å². The summed E-state index contributed by atoms with van der Waals surface area (Å²) in [5, 5.41) is 1.78. The van der Waals surface area contributed by atoms with Crippen molar-refractivity contribution in [2.24, 2.45) is 0 Å². The first kappa shape index (κ1) is 12.0. The van der Waals surface area contributed by atoms with Crippen LogP contribution in [0.25, 0.3) is 11.0 Å². The van der Waals surface area contributed by atoms with E-state index in [0.717, 1.165) is 25.9 Å². The summed E-state index contributed by atoms with van der Waals surface area (Å²) < 4.78 is 0.888. The third kappa shape index (κ3) is 2.02. The van der Waals surface area contributed by atoms with Crippen molar-refractivity contribution in [2.45, 2.75) is 5.38 Å². The molecule has 0 amide bonds. The Labute approximate surface area is 120 Å². The van der Waals surface area contributed by atoms with Crippen LogP contribution in [0, 0.1) is 0 Å². The van der Waals surface area contributed by atoms with Gasteiger partial charge in [0.1, 0.15) is 0 Å². The van der Waals surface area contributed by atoms with Crippen LogP contribution in [0.4, 0.5) is 0 Å². The third-order valence-electron chi connectivity index (χ3n) is 2.70. The number of H-pyrrole nitrogens is 2. The van der Waals surface area contributed by atoms with Gasteiger partial charge in [-0.3, -0.25) is 0 Å². The molecule has 3 aromatic rings. The van der Waals surface area contributed by atoms with Crippen LogP contribution < -0.4 is 5.69 Å². The number of rotatable bonds is 2. The summed E-state index contributed by atoms with van der Waals surface area (Å²) in [7, 11) is 0. The molecule has 1 atom stereocenters. The highest BCUT2D eigenvalue weighted by Gasteiger charge is 2.16. The van der Waals surface area contributed by atoms with Crippen molar-refractivity contribution in [3.63, 3.8) is 0 Å². The fraction of sp³-hybridized carbons (Fsp3) is 0.0833. The van der Waals surface area contributed by atoms with Crippen LogP contribution in [0.1, 0.15) is 15.8 Å². The Bertz CT molecular complexity index is 747. The number of halogens is 2. The second kappa shape index (κ2) is 4.57. The molecule has 1 aromatic carbocycles. The van der Waals surface area contributed by atoms with Gasteiger partial charge in [0.15, 0.2) is 0 Å². The van der Waals surface area contributed by atoms with Crippen LogP contribution in [-0.2, 0) is 0 Å². The highest BCUT2D eigenvalue weighted by molar-refractivity contribution is 9.10. The molecule has 0 bridgehead atoms. The Balaban J connectivity index is 2.16. The van der Waals surface area contributed by atoms with Gasteiger partial charge in [0.05, 0.1) is 16.4 Å². The van der Waals surface area contributed by atoms with Gasteiger partial charge in [-0.15, -0.1) is 22.9 Å². The van der Waals surface area contributed by atoms with Crippen molar-refractivity contribution >= 4 is 49.9 Å². The number of alkyl halides is 1. The number of hydrogen-bond acceptors (Lipinski definition) is 2. The first-order valence-corrected chi connectivity index (χ1v) is 7.35. The third-order valence-corrected chi connectivity index (χ3v) is 4.92. The molecule has 0 saturated heterocycles. The summed E-state index contributed by atoms with van der Waals surface area (Å²) in [6.45, 7) is 0. The van der Waals surface area contributed by atoms with Crippen molar-refractivity contribution in [3.8, 4) is 0 Å². The van der Waals surface area contributed by atoms with Gasteiger partial charge < -0.3 is 9.97 Å². The van der Waals surface area contributed by atoms with E-state index in [9.17, 15) is 4.79 Å². The zero-order valence-electron chi connectivity index (χ0n) is 9.04. The van der Waals surface area contributed by atoms with Crippen LogP contribution in [0.15, 0.2) is 38.9 Å². The Kier molecular flexibility index (Phi) is 3.05. The molecule has 0 saturated carbocycles. The number of aromatic nitrogens is 2. The molecular formula is C12H8BrClN2OS. The number of benzene rings is 1. The van der Waals surface area contributed by atoms with Gasteiger partial charge in [-0.25, -0.2) is 4.79 Å². The Morgan fingerprint density at radius 1 is 1.28 bits per heavy atom. The SMILES string of the molecule is O=c1[nH]c2cc(Br)c(C(Cl)c3cccs3)cc2[nH]1. The normalized spacial score (nSPS) is 13.0. The van der Waals surface area contributed by atoms with Gasteiger partial charge in [-0.2, -0.15) is 0 Å². The maximum Gasteiger partial charge on any atom is 0.323 e. The minimum atomic E-state index is -0.220. The Hall–Kier alpha value is -1.04. The molecule has 0 radical (unpaired) electrons. The monoisotopic (exact) mass is 342 g/mol. The summed E-state index contributed by atoms with van der Waals surface area (Å²) in [6.07, 6.45) is 0. The molecule has 1 unspecified atom stereocenters. The van der Waals surface area contributed by atoms with Crippen LogP contribution in [0.2, 0.25) is 0 Å². The lowest BCUT2D eigenvalue weighted by Gasteiger charge is -2.10. The molecule has 3 nitrogen and oxygen atoms in total. The van der Waals surface area contributed by atoms with E-state index in [1.165, 1.54) is 0 Å². The predicted molar refractivity (Wildman–Crippen MR) is 78.6 cm³/mol. The van der Waals surface area contributed by atoms with Crippen molar-refractivity contribution in [3.05, 3.63) is 55.0 Å². The van der Waals surface area contributed by atoms with Gasteiger partial charge in [0.25, 0.3) is 0 Å². The van der Waals surface area contributed by atoms with E-state index >= 15 is 0 Å². The lowest BCUT2D eigenvalue weighted by molar-refractivity contribution is 1.17. The zero-order valence-corrected chi connectivity index (χ0v) is 12.2. The van der Waals surface area contributed by atoms with Gasteiger partial charge in [0.2, 0.25) is 0 Å². The standard InChI is InChI=1S/C12H8BrClN2OS/c13-7-5-9-8(15-12(17)16-9)4-6(7)11(14)10-2-1-3-18-10/h1-5,11H,(H2,15,16,17). The summed E-state index contributed by atoms with van der Waals surface area (Å²) in [6, 6.07) is 7.74. The maximum atomic E-state index is 11.3. The lowest BCUT2D eigenvalue weighted by Crippen LogP contribution is -1.99. The topological polar surface area (TPSA) is 48.6 Å². The summed E-state index contributed by atoms with van der Waals surface area (Å²) >= 11 is 11.6. The van der Waals surface area contributed by atoms with E-state index in [-0.39, 0.29) is 11.1 Å². The van der Waals surface area contributed by atoms with Crippen molar-refractivity contribution in [2.75, 3.05) is 0 Å². The van der Waals surface area contributed by atoms with Crippen LogP contribution in [0.3, 0.4) is 0 Å². The minimum Gasteiger partial charge on any atom is -0.306 e. The number of aromatic amines is 2. The summed E-state index contributed by atoms with van der Waals surface area (Å²) in [5.41, 5.74) is 2.27. The molecule has 0 spiro atoms. The average molecular weight is 344 g/mol. The summed E-state index contributed by atoms with van der Waals surface area (Å²) in [5.74, 6) is 0. The summed E-state index contributed by atoms with van der Waals surface area (Å²) in [4.78, 5) is 17.8. The fourth-order valence-corrected chi connectivity index (χ4v) is 3.69. The largest absolute Gasteiger partial charge is 0.323 e. The highest BCUT2D eigenvalue weighted by atomic mass is 79.9. The second-order valence-corrected chi connectivity index (χ2v) is 6.15. The van der Waals surface area contributed by atoms with Crippen LogP contribution in [-0.4, -0.2) is 9.97 Å². The van der Waals surface area contributed by atoms with E-state index < -0.39 is 0 Å². The molecule has 6 heteroatoms. The Morgan fingerprint density at radius 2 is 2.00 bits per heavy atom. The predicted octanol–water partition coefficient (Wildman–Crippen LogP) is 4.01. The number of thiophene rings is 1. The maximum absolute atomic E-state index is 11.3. The Morgan fingerprint density at radius 3 is 2.67 bits per heavy atom. The van der Waals surface area contributed by atoms with E-state index in [4.69, 9.17) is 11.6 Å². The second-order valence-electron chi connectivity index (χ2n) is 3.88. The minimum absolute atomic E-state index is 0.212.